The maximum atomic E-state index is 9.16. The molecule has 0 bridgehead atoms. The van der Waals surface area contributed by atoms with Crippen molar-refractivity contribution in [2.75, 3.05) is 6.61 Å². The summed E-state index contributed by atoms with van der Waals surface area (Å²) in [6.07, 6.45) is -1.59. The fraction of sp³-hybridized carbons (Fsp3) is 1.00. The van der Waals surface area contributed by atoms with Gasteiger partial charge in [0.05, 0.1) is 24.9 Å². The summed E-state index contributed by atoms with van der Waals surface area (Å²) in [4.78, 5) is 0. The second kappa shape index (κ2) is 2.84. The zero-order valence-corrected chi connectivity index (χ0v) is 5.86. The maximum Gasteiger partial charge on any atom is 0.0989 e. The number of nitrogens with one attached hydrogen (secondary N) is 1. The molecule has 4 heteroatoms. The molecule has 4 N–H and O–H groups in total. The molecule has 10 heavy (non-hydrogen) atoms. The molecule has 1 fully saturated rings. The van der Waals surface area contributed by atoms with Crippen LogP contribution in [0.2, 0.25) is 0 Å². The van der Waals surface area contributed by atoms with Crippen molar-refractivity contribution in [3.8, 4) is 0 Å². The van der Waals surface area contributed by atoms with E-state index in [4.69, 9.17) is 15.3 Å². The number of aliphatic hydroxyl groups is 3. The molecule has 4 nitrogen and oxygen atoms in total. The Bertz CT molecular complexity index is 120. The van der Waals surface area contributed by atoms with Gasteiger partial charge in [-0.25, -0.2) is 0 Å². The molecule has 0 unspecified atom stereocenters. The predicted molar refractivity (Wildman–Crippen MR) is 35.5 cm³/mol. The van der Waals surface area contributed by atoms with Crippen LogP contribution in [0.15, 0.2) is 0 Å². The lowest BCUT2D eigenvalue weighted by molar-refractivity contribution is 0.0214. The number of rotatable bonds is 1. The van der Waals surface area contributed by atoms with Crippen LogP contribution < -0.4 is 5.32 Å². The van der Waals surface area contributed by atoms with Gasteiger partial charge in [-0.15, -0.1) is 0 Å². The Morgan fingerprint density at radius 1 is 1.30 bits per heavy atom. The summed E-state index contributed by atoms with van der Waals surface area (Å²) in [5, 5.41) is 29.8. The van der Waals surface area contributed by atoms with E-state index in [0.717, 1.165) is 0 Å². The van der Waals surface area contributed by atoms with Gasteiger partial charge in [-0.2, -0.15) is 0 Å². The molecule has 0 amide bonds. The first-order valence-electron chi connectivity index (χ1n) is 3.40. The summed E-state index contributed by atoms with van der Waals surface area (Å²) >= 11 is 0. The van der Waals surface area contributed by atoms with Crippen LogP contribution in [0.4, 0.5) is 0 Å². The molecule has 0 aromatic rings. The van der Waals surface area contributed by atoms with E-state index in [1.54, 1.807) is 6.92 Å². The van der Waals surface area contributed by atoms with E-state index >= 15 is 0 Å². The summed E-state index contributed by atoms with van der Waals surface area (Å²) in [6, 6.07) is -0.503. The standard InChI is InChI=1S/C6H13NO3/c1-3-5(9)6(10)4(2-8)7-3/h3-10H,2H2,1H3/t3-,4+,5-,6+/m1/s1. The zero-order chi connectivity index (χ0) is 7.72. The fourth-order valence-electron chi connectivity index (χ4n) is 1.23. The second-order valence-corrected chi connectivity index (χ2v) is 2.73. The minimum absolute atomic E-state index is 0.132. The van der Waals surface area contributed by atoms with Crippen molar-refractivity contribution in [2.24, 2.45) is 0 Å². The quantitative estimate of drug-likeness (QED) is 0.348. The van der Waals surface area contributed by atoms with E-state index < -0.39 is 12.2 Å². The third kappa shape index (κ3) is 1.15. The molecule has 1 aliphatic heterocycles. The molecular weight excluding hydrogens is 134 g/mol. The highest BCUT2D eigenvalue weighted by atomic mass is 16.3. The second-order valence-electron chi connectivity index (χ2n) is 2.73. The van der Waals surface area contributed by atoms with E-state index in [9.17, 15) is 0 Å². The Labute approximate surface area is 59.5 Å². The Kier molecular flexibility index (Phi) is 2.25. The first kappa shape index (κ1) is 7.94. The topological polar surface area (TPSA) is 72.7 Å². The Hall–Kier alpha value is -0.160. The van der Waals surface area contributed by atoms with Crippen molar-refractivity contribution in [3.05, 3.63) is 0 Å². The molecule has 0 aromatic heterocycles. The lowest BCUT2D eigenvalue weighted by Crippen LogP contribution is -2.36. The van der Waals surface area contributed by atoms with Gasteiger partial charge in [0, 0.05) is 6.04 Å². The zero-order valence-electron chi connectivity index (χ0n) is 5.86. The van der Waals surface area contributed by atoms with Crippen LogP contribution in [0.25, 0.3) is 0 Å². The lowest BCUT2D eigenvalue weighted by atomic mass is 10.1. The van der Waals surface area contributed by atoms with Gasteiger partial charge >= 0.3 is 0 Å². The molecule has 1 rings (SSSR count). The summed E-state index contributed by atoms with van der Waals surface area (Å²) in [5.41, 5.74) is 0. The Morgan fingerprint density at radius 3 is 2.10 bits per heavy atom. The molecule has 4 atom stereocenters. The van der Waals surface area contributed by atoms with Gasteiger partial charge in [0.1, 0.15) is 0 Å². The average Bonchev–Trinajstić information content (AvgIpc) is 2.17. The summed E-state index contributed by atoms with van der Waals surface area (Å²) in [7, 11) is 0. The van der Waals surface area contributed by atoms with Crippen molar-refractivity contribution in [1.29, 1.82) is 0 Å². The van der Waals surface area contributed by atoms with Crippen LogP contribution in [0.1, 0.15) is 6.92 Å². The highest BCUT2D eigenvalue weighted by Gasteiger charge is 2.37. The minimum atomic E-state index is -0.833. The number of hydrogen-bond acceptors (Lipinski definition) is 4. The van der Waals surface area contributed by atoms with Crippen LogP contribution in [0.3, 0.4) is 0 Å². The molecule has 0 radical (unpaired) electrons. The molecular formula is C6H13NO3. The largest absolute Gasteiger partial charge is 0.395 e. The van der Waals surface area contributed by atoms with Gasteiger partial charge in [0.15, 0.2) is 0 Å². The maximum absolute atomic E-state index is 9.16. The van der Waals surface area contributed by atoms with Gasteiger partial charge in [0.2, 0.25) is 0 Å². The Morgan fingerprint density at radius 2 is 1.90 bits per heavy atom. The van der Waals surface area contributed by atoms with Crippen molar-refractivity contribution in [1.82, 2.24) is 5.32 Å². The third-order valence-corrected chi connectivity index (χ3v) is 1.95. The molecule has 0 aromatic carbocycles. The first-order chi connectivity index (χ1) is 4.66. The van der Waals surface area contributed by atoms with Crippen LogP contribution >= 0.6 is 0 Å². The third-order valence-electron chi connectivity index (χ3n) is 1.95. The smallest absolute Gasteiger partial charge is 0.0989 e. The summed E-state index contributed by atoms with van der Waals surface area (Å²) < 4.78 is 0. The Balaban J connectivity index is 2.53. The van der Waals surface area contributed by atoms with E-state index in [-0.39, 0.29) is 18.7 Å². The van der Waals surface area contributed by atoms with Gasteiger partial charge in [-0.1, -0.05) is 0 Å². The highest BCUT2D eigenvalue weighted by molar-refractivity contribution is 4.95. The van der Waals surface area contributed by atoms with E-state index in [1.165, 1.54) is 0 Å². The van der Waals surface area contributed by atoms with E-state index in [2.05, 4.69) is 5.32 Å². The predicted octanol–water partition coefficient (Wildman–Crippen LogP) is -1.94. The lowest BCUT2D eigenvalue weighted by Gasteiger charge is -2.11. The normalized spacial score (nSPS) is 48.0. The highest BCUT2D eigenvalue weighted by Crippen LogP contribution is 2.12. The first-order valence-corrected chi connectivity index (χ1v) is 3.40. The molecule has 0 saturated carbocycles. The van der Waals surface area contributed by atoms with E-state index in [1.807, 2.05) is 0 Å². The van der Waals surface area contributed by atoms with Crippen molar-refractivity contribution in [2.45, 2.75) is 31.2 Å². The SMILES string of the molecule is C[C@H]1N[C@@H](CO)[C@H](O)[C@@H]1O. The summed E-state index contributed by atoms with van der Waals surface area (Å²) in [5.74, 6) is 0. The molecule has 0 spiro atoms. The van der Waals surface area contributed by atoms with Crippen molar-refractivity contribution in [3.63, 3.8) is 0 Å². The molecule has 1 aliphatic rings. The molecule has 0 aliphatic carbocycles. The van der Waals surface area contributed by atoms with Crippen LogP contribution in [0.5, 0.6) is 0 Å². The number of hydrogen-bond donors (Lipinski definition) is 4. The van der Waals surface area contributed by atoms with Crippen molar-refractivity contribution >= 4 is 0 Å². The van der Waals surface area contributed by atoms with Crippen LogP contribution in [-0.4, -0.2) is 46.2 Å². The molecule has 1 heterocycles. The van der Waals surface area contributed by atoms with Crippen molar-refractivity contribution < 1.29 is 15.3 Å². The van der Waals surface area contributed by atoms with Crippen LogP contribution in [-0.2, 0) is 0 Å². The minimum Gasteiger partial charge on any atom is -0.395 e. The van der Waals surface area contributed by atoms with Gasteiger partial charge < -0.3 is 20.6 Å². The van der Waals surface area contributed by atoms with Gasteiger partial charge in [-0.3, -0.25) is 0 Å². The van der Waals surface area contributed by atoms with E-state index in [0.29, 0.717) is 0 Å². The number of aliphatic hydroxyl groups excluding tert-OH is 3. The monoisotopic (exact) mass is 147 g/mol. The average molecular weight is 147 g/mol. The van der Waals surface area contributed by atoms with Crippen LogP contribution in [0, 0.1) is 0 Å². The fourth-order valence-corrected chi connectivity index (χ4v) is 1.23. The van der Waals surface area contributed by atoms with Gasteiger partial charge in [-0.05, 0) is 6.92 Å². The summed E-state index contributed by atoms with van der Waals surface area (Å²) in [6.45, 7) is 1.63. The van der Waals surface area contributed by atoms with Gasteiger partial charge in [0.25, 0.3) is 0 Å². The molecule has 1 saturated heterocycles. The molecule has 60 valence electrons.